The predicted molar refractivity (Wildman–Crippen MR) is 95.8 cm³/mol. The number of aromatic carboxylic acids is 1. The first-order chi connectivity index (χ1) is 12.1. The van der Waals surface area contributed by atoms with Gasteiger partial charge in [-0.3, -0.25) is 0 Å². The molecule has 0 aliphatic heterocycles. The first-order valence-electron chi connectivity index (χ1n) is 7.28. The Kier molecular flexibility index (Phi) is 4.71. The summed E-state index contributed by atoms with van der Waals surface area (Å²) >= 11 is 5.22. The summed E-state index contributed by atoms with van der Waals surface area (Å²) < 4.78 is 6.94. The minimum absolute atomic E-state index is 0.157. The maximum absolute atomic E-state index is 11.3. The normalized spacial score (nSPS) is 10.9. The van der Waals surface area contributed by atoms with Crippen LogP contribution in [-0.4, -0.2) is 39.3 Å². The summed E-state index contributed by atoms with van der Waals surface area (Å²) in [5, 5.41) is 20.4. The molecule has 0 saturated heterocycles. The summed E-state index contributed by atoms with van der Waals surface area (Å²) in [7, 11) is 1.58. The molecule has 0 aliphatic rings. The molecule has 7 nitrogen and oxygen atoms in total. The fourth-order valence-electron chi connectivity index (χ4n) is 2.27. The van der Waals surface area contributed by atoms with E-state index in [1.165, 1.54) is 17.0 Å². The van der Waals surface area contributed by atoms with Gasteiger partial charge in [0.05, 0.1) is 18.9 Å². The SMILES string of the molecule is COc1cccc(-c2n[nH]c(=S)n2/N=C/c2ccccc2C(=O)O)c1. The summed E-state index contributed by atoms with van der Waals surface area (Å²) in [6.07, 6.45) is 1.44. The number of ether oxygens (including phenoxy) is 1. The van der Waals surface area contributed by atoms with Gasteiger partial charge in [-0.1, -0.05) is 30.3 Å². The first kappa shape index (κ1) is 16.6. The number of carboxylic acid groups (broad SMARTS) is 1. The zero-order valence-corrected chi connectivity index (χ0v) is 14.0. The van der Waals surface area contributed by atoms with Gasteiger partial charge in [0, 0.05) is 11.1 Å². The van der Waals surface area contributed by atoms with Crippen LogP contribution in [0.5, 0.6) is 5.75 Å². The molecule has 0 saturated carbocycles. The lowest BCUT2D eigenvalue weighted by molar-refractivity contribution is 0.0697. The number of benzene rings is 2. The van der Waals surface area contributed by atoms with E-state index in [1.54, 1.807) is 25.3 Å². The van der Waals surface area contributed by atoms with Crippen molar-refractivity contribution in [3.8, 4) is 17.1 Å². The lowest BCUT2D eigenvalue weighted by Crippen LogP contribution is -2.02. The molecule has 8 heteroatoms. The van der Waals surface area contributed by atoms with Crippen LogP contribution in [0.2, 0.25) is 0 Å². The number of H-pyrrole nitrogens is 1. The highest BCUT2D eigenvalue weighted by atomic mass is 32.1. The number of aromatic nitrogens is 3. The molecule has 0 amide bonds. The van der Waals surface area contributed by atoms with E-state index in [1.807, 2.05) is 24.3 Å². The van der Waals surface area contributed by atoms with E-state index in [0.29, 0.717) is 21.9 Å². The van der Waals surface area contributed by atoms with E-state index in [2.05, 4.69) is 15.3 Å². The standard InChI is InChI=1S/C17H14N4O3S/c1-24-13-7-4-6-11(9-13)15-19-20-17(25)21(15)18-10-12-5-2-3-8-14(12)16(22)23/h2-10H,1H3,(H,20,25)(H,22,23)/b18-10+. The highest BCUT2D eigenvalue weighted by Gasteiger charge is 2.10. The number of carbonyl (C=O) groups is 1. The number of aromatic amines is 1. The minimum atomic E-state index is -1.02. The molecular formula is C17H14N4O3S. The summed E-state index contributed by atoms with van der Waals surface area (Å²) in [5.74, 6) is 0.150. The summed E-state index contributed by atoms with van der Waals surface area (Å²) in [6.45, 7) is 0. The molecule has 0 fully saturated rings. The molecule has 3 aromatic rings. The third-order valence-corrected chi connectivity index (χ3v) is 3.75. The van der Waals surface area contributed by atoms with Gasteiger partial charge in [0.1, 0.15) is 5.75 Å². The average Bonchev–Trinajstić information content (AvgIpc) is 3.00. The van der Waals surface area contributed by atoms with Crippen molar-refractivity contribution < 1.29 is 14.6 Å². The summed E-state index contributed by atoms with van der Waals surface area (Å²) in [6, 6.07) is 13.9. The lowest BCUT2D eigenvalue weighted by atomic mass is 10.1. The van der Waals surface area contributed by atoms with Gasteiger partial charge in [-0.05, 0) is 30.4 Å². The molecule has 126 valence electrons. The van der Waals surface area contributed by atoms with Crippen LogP contribution in [0.4, 0.5) is 0 Å². The molecule has 0 aliphatic carbocycles. The number of carboxylic acids is 1. The minimum Gasteiger partial charge on any atom is -0.497 e. The van der Waals surface area contributed by atoms with E-state index >= 15 is 0 Å². The van der Waals surface area contributed by atoms with Crippen molar-refractivity contribution in [1.82, 2.24) is 14.9 Å². The molecule has 1 heterocycles. The molecule has 0 bridgehead atoms. The third-order valence-electron chi connectivity index (χ3n) is 3.48. The van der Waals surface area contributed by atoms with Gasteiger partial charge >= 0.3 is 5.97 Å². The predicted octanol–water partition coefficient (Wildman–Crippen LogP) is 3.20. The van der Waals surface area contributed by atoms with E-state index in [0.717, 1.165) is 5.56 Å². The molecule has 1 aromatic heterocycles. The highest BCUT2D eigenvalue weighted by molar-refractivity contribution is 7.71. The maximum Gasteiger partial charge on any atom is 0.336 e. The fourth-order valence-corrected chi connectivity index (χ4v) is 2.45. The van der Waals surface area contributed by atoms with Crippen LogP contribution >= 0.6 is 12.2 Å². The second kappa shape index (κ2) is 7.10. The Hall–Kier alpha value is -3.26. The van der Waals surface area contributed by atoms with Gasteiger partial charge in [0.2, 0.25) is 4.77 Å². The maximum atomic E-state index is 11.3. The zero-order valence-electron chi connectivity index (χ0n) is 13.2. The number of hydrogen-bond donors (Lipinski definition) is 2. The lowest BCUT2D eigenvalue weighted by Gasteiger charge is -2.04. The van der Waals surface area contributed by atoms with E-state index in [4.69, 9.17) is 17.0 Å². The molecule has 2 aromatic carbocycles. The van der Waals surface area contributed by atoms with Gasteiger partial charge in [0.15, 0.2) is 5.82 Å². The molecular weight excluding hydrogens is 340 g/mol. The van der Waals surface area contributed by atoms with Crippen molar-refractivity contribution in [2.24, 2.45) is 5.10 Å². The number of rotatable bonds is 5. The Labute approximate surface area is 148 Å². The number of methoxy groups -OCH3 is 1. The van der Waals surface area contributed by atoms with Crippen LogP contribution in [-0.2, 0) is 0 Å². The van der Waals surface area contributed by atoms with Crippen molar-refractivity contribution >= 4 is 24.4 Å². The van der Waals surface area contributed by atoms with Gasteiger partial charge in [-0.25, -0.2) is 9.89 Å². The van der Waals surface area contributed by atoms with Crippen LogP contribution in [0.3, 0.4) is 0 Å². The van der Waals surface area contributed by atoms with E-state index < -0.39 is 5.97 Å². The van der Waals surface area contributed by atoms with E-state index in [9.17, 15) is 9.90 Å². The molecule has 2 N–H and O–H groups in total. The first-order valence-corrected chi connectivity index (χ1v) is 7.69. The fraction of sp³-hybridized carbons (Fsp3) is 0.0588. The molecule has 0 spiro atoms. The van der Waals surface area contributed by atoms with Crippen molar-refractivity contribution in [1.29, 1.82) is 0 Å². The summed E-state index contributed by atoms with van der Waals surface area (Å²) in [4.78, 5) is 11.3. The summed E-state index contributed by atoms with van der Waals surface area (Å²) in [5.41, 5.74) is 1.38. The molecule has 3 rings (SSSR count). The number of nitrogens with one attached hydrogen (secondary N) is 1. The van der Waals surface area contributed by atoms with Crippen molar-refractivity contribution in [2.75, 3.05) is 7.11 Å². The number of nitrogens with zero attached hydrogens (tertiary/aromatic N) is 3. The van der Waals surface area contributed by atoms with E-state index in [-0.39, 0.29) is 5.56 Å². The van der Waals surface area contributed by atoms with Gasteiger partial charge in [-0.15, -0.1) is 0 Å². The Morgan fingerprint density at radius 2 is 2.12 bits per heavy atom. The second-order valence-corrected chi connectivity index (χ2v) is 5.42. The monoisotopic (exact) mass is 354 g/mol. The average molecular weight is 354 g/mol. The third kappa shape index (κ3) is 3.48. The van der Waals surface area contributed by atoms with Gasteiger partial charge in [0.25, 0.3) is 0 Å². The Balaban J connectivity index is 2.04. The van der Waals surface area contributed by atoms with Crippen molar-refractivity contribution in [2.45, 2.75) is 0 Å². The van der Waals surface area contributed by atoms with Crippen LogP contribution in [0, 0.1) is 4.77 Å². The van der Waals surface area contributed by atoms with Crippen LogP contribution in [0.15, 0.2) is 53.6 Å². The quantitative estimate of drug-likeness (QED) is 0.542. The van der Waals surface area contributed by atoms with Crippen LogP contribution in [0.1, 0.15) is 15.9 Å². The molecule has 0 unspecified atom stereocenters. The smallest absolute Gasteiger partial charge is 0.336 e. The second-order valence-electron chi connectivity index (χ2n) is 5.03. The van der Waals surface area contributed by atoms with Crippen LogP contribution in [0.25, 0.3) is 11.4 Å². The zero-order chi connectivity index (χ0) is 17.8. The van der Waals surface area contributed by atoms with Crippen LogP contribution < -0.4 is 4.74 Å². The number of hydrogen-bond acceptors (Lipinski definition) is 5. The van der Waals surface area contributed by atoms with Gasteiger partial charge < -0.3 is 9.84 Å². The Morgan fingerprint density at radius 1 is 1.32 bits per heavy atom. The molecule has 0 atom stereocenters. The Bertz CT molecular complexity index is 1010. The van der Waals surface area contributed by atoms with Gasteiger partial charge in [-0.2, -0.15) is 14.9 Å². The largest absolute Gasteiger partial charge is 0.497 e. The topological polar surface area (TPSA) is 92.5 Å². The van der Waals surface area contributed by atoms with Crippen molar-refractivity contribution in [3.63, 3.8) is 0 Å². The highest BCUT2D eigenvalue weighted by Crippen LogP contribution is 2.22. The van der Waals surface area contributed by atoms with Crippen molar-refractivity contribution in [3.05, 3.63) is 64.4 Å². The Morgan fingerprint density at radius 3 is 2.88 bits per heavy atom. The molecule has 25 heavy (non-hydrogen) atoms. The molecule has 0 radical (unpaired) electrons.